The van der Waals surface area contributed by atoms with E-state index in [0.29, 0.717) is 17.0 Å². The van der Waals surface area contributed by atoms with Crippen LogP contribution in [0, 0.1) is 5.92 Å². The van der Waals surface area contributed by atoms with Gasteiger partial charge in [0.15, 0.2) is 0 Å². The van der Waals surface area contributed by atoms with Gasteiger partial charge in [0.1, 0.15) is 0 Å². The number of methoxy groups -OCH3 is 1. The van der Waals surface area contributed by atoms with Gasteiger partial charge in [0.2, 0.25) is 10.0 Å². The lowest BCUT2D eigenvalue weighted by molar-refractivity contribution is 0.0600. The Kier molecular flexibility index (Phi) is 7.72. The summed E-state index contributed by atoms with van der Waals surface area (Å²) < 4.78 is 31.8. The third kappa shape index (κ3) is 7.61. The molecule has 0 aromatic heterocycles. The summed E-state index contributed by atoms with van der Waals surface area (Å²) >= 11 is 0. The average molecular weight is 341 g/mol. The molecular formula is C17H27NO4S. The number of esters is 1. The molecule has 1 aromatic carbocycles. The molecule has 0 aliphatic heterocycles. The van der Waals surface area contributed by atoms with Crippen molar-refractivity contribution in [2.24, 2.45) is 5.92 Å². The van der Waals surface area contributed by atoms with Crippen molar-refractivity contribution in [3.8, 4) is 0 Å². The minimum absolute atomic E-state index is 0.0949. The number of nitrogens with one attached hydrogen (secondary N) is 1. The number of ether oxygens (including phenoxy) is 1. The first-order valence-electron chi connectivity index (χ1n) is 7.90. The SMILES string of the molecule is COC(=O)c1cccc(CS(=O)(=O)NC(C)CCCC(C)C)c1. The smallest absolute Gasteiger partial charge is 0.337 e. The van der Waals surface area contributed by atoms with Crippen LogP contribution in [0.1, 0.15) is 56.0 Å². The molecule has 5 nitrogen and oxygen atoms in total. The predicted molar refractivity (Wildman–Crippen MR) is 91.7 cm³/mol. The quantitative estimate of drug-likeness (QED) is 0.701. The monoisotopic (exact) mass is 341 g/mol. The molecule has 0 spiro atoms. The second kappa shape index (κ2) is 9.03. The van der Waals surface area contributed by atoms with Gasteiger partial charge in [-0.1, -0.05) is 38.8 Å². The molecule has 0 fully saturated rings. The Morgan fingerprint density at radius 1 is 1.22 bits per heavy atom. The van der Waals surface area contributed by atoms with Crippen molar-refractivity contribution < 1.29 is 17.9 Å². The molecule has 1 unspecified atom stereocenters. The minimum Gasteiger partial charge on any atom is -0.465 e. The Morgan fingerprint density at radius 3 is 2.52 bits per heavy atom. The van der Waals surface area contributed by atoms with Crippen molar-refractivity contribution in [3.05, 3.63) is 35.4 Å². The second-order valence-corrected chi connectivity index (χ2v) is 8.05. The van der Waals surface area contributed by atoms with E-state index < -0.39 is 16.0 Å². The first-order valence-corrected chi connectivity index (χ1v) is 9.56. The third-order valence-corrected chi connectivity index (χ3v) is 4.98. The number of hydrogen-bond donors (Lipinski definition) is 1. The highest BCUT2D eigenvalue weighted by atomic mass is 32.2. The van der Waals surface area contributed by atoms with Gasteiger partial charge >= 0.3 is 5.97 Å². The molecule has 0 radical (unpaired) electrons. The van der Waals surface area contributed by atoms with Crippen molar-refractivity contribution in [2.75, 3.05) is 7.11 Å². The fourth-order valence-corrected chi connectivity index (χ4v) is 3.80. The van der Waals surface area contributed by atoms with Crippen LogP contribution in [-0.4, -0.2) is 27.5 Å². The zero-order valence-corrected chi connectivity index (χ0v) is 15.2. The zero-order valence-electron chi connectivity index (χ0n) is 14.3. The second-order valence-electron chi connectivity index (χ2n) is 6.29. The molecule has 23 heavy (non-hydrogen) atoms. The average Bonchev–Trinajstić information content (AvgIpc) is 2.45. The number of carbonyl (C=O) groups excluding carboxylic acids is 1. The summed E-state index contributed by atoms with van der Waals surface area (Å²) in [6.45, 7) is 6.19. The molecule has 1 atom stereocenters. The van der Waals surface area contributed by atoms with Crippen molar-refractivity contribution in [1.82, 2.24) is 4.72 Å². The number of hydrogen-bond acceptors (Lipinski definition) is 4. The predicted octanol–water partition coefficient (Wildman–Crippen LogP) is 3.11. The van der Waals surface area contributed by atoms with E-state index in [9.17, 15) is 13.2 Å². The Labute approximate surface area is 139 Å². The van der Waals surface area contributed by atoms with Gasteiger partial charge in [-0.25, -0.2) is 17.9 Å². The highest BCUT2D eigenvalue weighted by molar-refractivity contribution is 7.88. The van der Waals surface area contributed by atoms with Crippen molar-refractivity contribution >= 4 is 16.0 Å². The van der Waals surface area contributed by atoms with Gasteiger partial charge in [-0.3, -0.25) is 0 Å². The highest BCUT2D eigenvalue weighted by Crippen LogP contribution is 2.12. The van der Waals surface area contributed by atoms with Crippen LogP contribution >= 0.6 is 0 Å². The molecule has 130 valence electrons. The van der Waals surface area contributed by atoms with E-state index >= 15 is 0 Å². The van der Waals surface area contributed by atoms with Gasteiger partial charge in [0.05, 0.1) is 18.4 Å². The molecule has 0 bridgehead atoms. The molecule has 1 rings (SSSR count). The lowest BCUT2D eigenvalue weighted by Crippen LogP contribution is -2.33. The summed E-state index contributed by atoms with van der Waals surface area (Å²) in [6.07, 6.45) is 2.91. The summed E-state index contributed by atoms with van der Waals surface area (Å²) in [5, 5.41) is 0. The Morgan fingerprint density at radius 2 is 1.91 bits per heavy atom. The van der Waals surface area contributed by atoms with Crippen LogP contribution in [0.4, 0.5) is 0 Å². The van der Waals surface area contributed by atoms with E-state index in [-0.39, 0.29) is 11.8 Å². The molecule has 0 heterocycles. The van der Waals surface area contributed by atoms with E-state index in [1.54, 1.807) is 24.3 Å². The molecule has 0 aliphatic rings. The summed E-state index contributed by atoms with van der Waals surface area (Å²) in [7, 11) is -2.14. The lowest BCUT2D eigenvalue weighted by atomic mass is 10.0. The molecule has 0 saturated heterocycles. The number of rotatable bonds is 9. The minimum atomic E-state index is -3.44. The van der Waals surface area contributed by atoms with Gasteiger partial charge in [-0.05, 0) is 37.0 Å². The van der Waals surface area contributed by atoms with Crippen LogP contribution in [0.25, 0.3) is 0 Å². The summed E-state index contributed by atoms with van der Waals surface area (Å²) in [5.41, 5.74) is 0.917. The molecule has 1 N–H and O–H groups in total. The maximum atomic E-state index is 12.2. The van der Waals surface area contributed by atoms with Crippen LogP contribution in [0.5, 0.6) is 0 Å². The van der Waals surface area contributed by atoms with Gasteiger partial charge in [-0.15, -0.1) is 0 Å². The third-order valence-electron chi connectivity index (χ3n) is 3.50. The van der Waals surface area contributed by atoms with E-state index in [1.165, 1.54) is 7.11 Å². The maximum Gasteiger partial charge on any atom is 0.337 e. The van der Waals surface area contributed by atoms with E-state index in [2.05, 4.69) is 23.3 Å². The van der Waals surface area contributed by atoms with Gasteiger partial charge < -0.3 is 4.74 Å². The van der Waals surface area contributed by atoms with Gasteiger partial charge in [0.25, 0.3) is 0 Å². The first kappa shape index (κ1) is 19.6. The van der Waals surface area contributed by atoms with Gasteiger partial charge in [-0.2, -0.15) is 0 Å². The van der Waals surface area contributed by atoms with Crippen LogP contribution in [0.3, 0.4) is 0 Å². The van der Waals surface area contributed by atoms with Gasteiger partial charge in [0, 0.05) is 6.04 Å². The van der Waals surface area contributed by atoms with E-state index in [4.69, 9.17) is 0 Å². The van der Waals surface area contributed by atoms with Crippen molar-refractivity contribution in [1.29, 1.82) is 0 Å². The van der Waals surface area contributed by atoms with Crippen LogP contribution < -0.4 is 4.72 Å². The fraction of sp³-hybridized carbons (Fsp3) is 0.588. The lowest BCUT2D eigenvalue weighted by Gasteiger charge is -2.15. The summed E-state index contributed by atoms with van der Waals surface area (Å²) in [6, 6.07) is 6.40. The van der Waals surface area contributed by atoms with E-state index in [0.717, 1.165) is 19.3 Å². The summed E-state index contributed by atoms with van der Waals surface area (Å²) in [5.74, 6) is 0.00550. The van der Waals surface area contributed by atoms with E-state index in [1.807, 2.05) is 6.92 Å². The molecule has 6 heteroatoms. The Hall–Kier alpha value is -1.40. The maximum absolute atomic E-state index is 12.2. The number of benzene rings is 1. The van der Waals surface area contributed by atoms with Crippen LogP contribution in [0.15, 0.2) is 24.3 Å². The molecule has 1 aromatic rings. The number of carbonyl (C=O) groups is 1. The first-order chi connectivity index (χ1) is 10.7. The zero-order chi connectivity index (χ0) is 17.5. The summed E-state index contributed by atoms with van der Waals surface area (Å²) in [4.78, 5) is 11.5. The van der Waals surface area contributed by atoms with Crippen LogP contribution in [-0.2, 0) is 20.5 Å². The largest absolute Gasteiger partial charge is 0.465 e. The molecule has 0 saturated carbocycles. The number of sulfonamides is 1. The van der Waals surface area contributed by atoms with Crippen molar-refractivity contribution in [2.45, 2.75) is 51.8 Å². The standard InChI is InChI=1S/C17H27NO4S/c1-13(2)7-5-8-14(3)18-23(20,21)12-15-9-6-10-16(11-15)17(19)22-4/h6,9-11,13-14,18H,5,7-8,12H2,1-4H3. The molecular weight excluding hydrogens is 314 g/mol. The Balaban J connectivity index is 2.62. The fourth-order valence-electron chi connectivity index (χ4n) is 2.36. The molecule has 0 amide bonds. The van der Waals surface area contributed by atoms with Crippen LogP contribution in [0.2, 0.25) is 0 Å². The highest BCUT2D eigenvalue weighted by Gasteiger charge is 2.16. The Bertz CT molecular complexity index is 611. The topological polar surface area (TPSA) is 72.5 Å². The normalized spacial score (nSPS) is 13.1. The molecule has 0 aliphatic carbocycles. The van der Waals surface area contributed by atoms with Crippen molar-refractivity contribution in [3.63, 3.8) is 0 Å².